The molecule has 1 aromatic rings. The van der Waals surface area contributed by atoms with E-state index in [2.05, 4.69) is 15.6 Å². The third-order valence-corrected chi connectivity index (χ3v) is 2.95. The number of alkyl halides is 3. The van der Waals surface area contributed by atoms with Crippen molar-refractivity contribution in [3.8, 4) is 11.5 Å². The highest BCUT2D eigenvalue weighted by Gasteiger charge is 2.26. The van der Waals surface area contributed by atoms with Gasteiger partial charge in [-0.2, -0.15) is 13.2 Å². The quantitative estimate of drug-likeness (QED) is 0.410. The molecule has 0 aliphatic rings. The van der Waals surface area contributed by atoms with E-state index in [-0.39, 0.29) is 6.54 Å². The van der Waals surface area contributed by atoms with Crippen LogP contribution in [-0.2, 0) is 0 Å². The summed E-state index contributed by atoms with van der Waals surface area (Å²) in [6.07, 6.45) is -4.41. The Morgan fingerprint density at radius 2 is 1.79 bits per heavy atom. The first kappa shape index (κ1) is 19.9. The number of ether oxygens (including phenoxy) is 2. The maximum absolute atomic E-state index is 12.1. The molecule has 0 amide bonds. The normalized spacial score (nSPS) is 12.0. The molecule has 5 nitrogen and oxygen atoms in total. The first-order valence-electron chi connectivity index (χ1n) is 7.80. The Morgan fingerprint density at radius 3 is 2.38 bits per heavy atom. The number of halogens is 3. The lowest BCUT2D eigenvalue weighted by molar-refractivity contribution is -0.132. The SMILES string of the molecule is CCNC(=NCCCOc1ccc(OC)cc1)NCCC(F)(F)F. The van der Waals surface area contributed by atoms with Crippen molar-refractivity contribution in [3.63, 3.8) is 0 Å². The molecule has 0 radical (unpaired) electrons. The number of aliphatic imine (C=N–C) groups is 1. The van der Waals surface area contributed by atoms with E-state index in [0.29, 0.717) is 32.1 Å². The van der Waals surface area contributed by atoms with Crippen LogP contribution in [0, 0.1) is 0 Å². The summed E-state index contributed by atoms with van der Waals surface area (Å²) in [4.78, 5) is 4.22. The Balaban J connectivity index is 2.27. The summed E-state index contributed by atoms with van der Waals surface area (Å²) < 4.78 is 47.0. The van der Waals surface area contributed by atoms with E-state index in [9.17, 15) is 13.2 Å². The molecule has 0 aromatic heterocycles. The number of hydrogen-bond acceptors (Lipinski definition) is 3. The molecule has 0 spiro atoms. The van der Waals surface area contributed by atoms with Gasteiger partial charge in [0.15, 0.2) is 5.96 Å². The molecule has 0 saturated heterocycles. The second-order valence-corrected chi connectivity index (χ2v) is 4.93. The van der Waals surface area contributed by atoms with Crippen LogP contribution >= 0.6 is 0 Å². The largest absolute Gasteiger partial charge is 0.497 e. The van der Waals surface area contributed by atoms with Crippen molar-refractivity contribution in [2.24, 2.45) is 4.99 Å². The number of hydrogen-bond donors (Lipinski definition) is 2. The standard InChI is InChI=1S/C16H24F3N3O2/c1-3-20-15(22-11-9-16(17,18)19)21-10-4-12-24-14-7-5-13(23-2)6-8-14/h5-8H,3-4,9-12H2,1-2H3,(H2,20,21,22). The third kappa shape index (κ3) is 9.12. The molecule has 0 aliphatic heterocycles. The van der Waals surface area contributed by atoms with Gasteiger partial charge in [-0.1, -0.05) is 0 Å². The first-order chi connectivity index (χ1) is 11.4. The number of methoxy groups -OCH3 is 1. The summed E-state index contributed by atoms with van der Waals surface area (Å²) in [5.41, 5.74) is 0. The minimum atomic E-state index is -4.17. The maximum Gasteiger partial charge on any atom is 0.390 e. The lowest BCUT2D eigenvalue weighted by atomic mass is 10.3. The minimum Gasteiger partial charge on any atom is -0.497 e. The molecular weight excluding hydrogens is 323 g/mol. The average Bonchev–Trinajstić information content (AvgIpc) is 2.54. The number of rotatable bonds is 9. The van der Waals surface area contributed by atoms with Gasteiger partial charge in [0.05, 0.1) is 20.1 Å². The lowest BCUT2D eigenvalue weighted by Gasteiger charge is -2.12. The van der Waals surface area contributed by atoms with Gasteiger partial charge in [-0.05, 0) is 31.2 Å². The molecule has 136 valence electrons. The van der Waals surface area contributed by atoms with Crippen LogP contribution in [0.5, 0.6) is 11.5 Å². The molecule has 1 rings (SSSR count). The van der Waals surface area contributed by atoms with Crippen LogP contribution < -0.4 is 20.1 Å². The molecule has 0 unspecified atom stereocenters. The first-order valence-corrected chi connectivity index (χ1v) is 7.80. The van der Waals surface area contributed by atoms with Crippen LogP contribution in [0.25, 0.3) is 0 Å². The van der Waals surface area contributed by atoms with Gasteiger partial charge in [0.2, 0.25) is 0 Å². The van der Waals surface area contributed by atoms with Gasteiger partial charge in [0, 0.05) is 26.1 Å². The fourth-order valence-corrected chi connectivity index (χ4v) is 1.78. The van der Waals surface area contributed by atoms with Crippen LogP contribution in [0.15, 0.2) is 29.3 Å². The lowest BCUT2D eigenvalue weighted by Crippen LogP contribution is -2.39. The summed E-state index contributed by atoms with van der Waals surface area (Å²) in [6.45, 7) is 3.17. The van der Waals surface area contributed by atoms with Gasteiger partial charge in [-0.25, -0.2) is 0 Å². The van der Waals surface area contributed by atoms with Crippen LogP contribution in [0.1, 0.15) is 19.8 Å². The summed E-state index contributed by atoms with van der Waals surface area (Å²) >= 11 is 0. The average molecular weight is 347 g/mol. The van der Waals surface area contributed by atoms with Crippen molar-refractivity contribution in [1.82, 2.24) is 10.6 Å². The monoisotopic (exact) mass is 347 g/mol. The fraction of sp³-hybridized carbons (Fsp3) is 0.562. The predicted octanol–water partition coefficient (Wildman–Crippen LogP) is 2.97. The zero-order valence-corrected chi connectivity index (χ0v) is 13.9. The molecule has 0 saturated carbocycles. The number of guanidine groups is 1. The Hall–Kier alpha value is -2.12. The van der Waals surface area contributed by atoms with E-state index < -0.39 is 12.6 Å². The zero-order valence-electron chi connectivity index (χ0n) is 13.9. The maximum atomic E-state index is 12.1. The van der Waals surface area contributed by atoms with Gasteiger partial charge in [0.25, 0.3) is 0 Å². The molecule has 2 N–H and O–H groups in total. The highest BCUT2D eigenvalue weighted by molar-refractivity contribution is 5.79. The summed E-state index contributed by atoms with van der Waals surface area (Å²) in [6, 6.07) is 7.23. The molecule has 0 atom stereocenters. The molecule has 0 fully saturated rings. The minimum absolute atomic E-state index is 0.197. The van der Waals surface area contributed by atoms with E-state index in [1.807, 2.05) is 19.1 Å². The summed E-state index contributed by atoms with van der Waals surface area (Å²) in [5, 5.41) is 5.57. The Bertz CT molecular complexity index is 490. The van der Waals surface area contributed by atoms with Crippen molar-refractivity contribution >= 4 is 5.96 Å². The van der Waals surface area contributed by atoms with Crippen molar-refractivity contribution < 1.29 is 22.6 Å². The molecule has 0 heterocycles. The van der Waals surface area contributed by atoms with Crippen molar-refractivity contribution in [2.45, 2.75) is 25.9 Å². The van der Waals surface area contributed by atoms with Crippen molar-refractivity contribution in [2.75, 3.05) is 33.4 Å². The smallest absolute Gasteiger partial charge is 0.390 e. The van der Waals surface area contributed by atoms with Crippen LogP contribution in [0.2, 0.25) is 0 Å². The van der Waals surface area contributed by atoms with E-state index in [1.54, 1.807) is 19.2 Å². The Kier molecular flexibility index (Phi) is 8.81. The van der Waals surface area contributed by atoms with E-state index >= 15 is 0 Å². The van der Waals surface area contributed by atoms with Gasteiger partial charge in [-0.15, -0.1) is 0 Å². The molecule has 8 heteroatoms. The highest BCUT2D eigenvalue weighted by atomic mass is 19.4. The second kappa shape index (κ2) is 10.6. The molecule has 0 bridgehead atoms. The molecular formula is C16H24F3N3O2. The number of nitrogens with zero attached hydrogens (tertiary/aromatic N) is 1. The van der Waals surface area contributed by atoms with Crippen molar-refractivity contribution in [3.05, 3.63) is 24.3 Å². The Morgan fingerprint density at radius 1 is 1.12 bits per heavy atom. The van der Waals surface area contributed by atoms with E-state index in [4.69, 9.17) is 9.47 Å². The Labute approximate surface area is 140 Å². The summed E-state index contributed by atoms with van der Waals surface area (Å²) in [7, 11) is 1.60. The highest BCUT2D eigenvalue weighted by Crippen LogP contribution is 2.18. The fourth-order valence-electron chi connectivity index (χ4n) is 1.78. The third-order valence-electron chi connectivity index (χ3n) is 2.95. The molecule has 1 aromatic carbocycles. The van der Waals surface area contributed by atoms with Crippen LogP contribution in [-0.4, -0.2) is 45.5 Å². The van der Waals surface area contributed by atoms with E-state index in [1.165, 1.54) is 0 Å². The van der Waals surface area contributed by atoms with Gasteiger partial charge >= 0.3 is 6.18 Å². The van der Waals surface area contributed by atoms with Gasteiger partial charge < -0.3 is 20.1 Å². The van der Waals surface area contributed by atoms with Crippen LogP contribution in [0.3, 0.4) is 0 Å². The molecule has 0 aliphatic carbocycles. The molecule has 24 heavy (non-hydrogen) atoms. The topological polar surface area (TPSA) is 54.9 Å². The summed E-state index contributed by atoms with van der Waals surface area (Å²) in [5.74, 6) is 1.87. The predicted molar refractivity (Wildman–Crippen MR) is 87.8 cm³/mol. The van der Waals surface area contributed by atoms with Gasteiger partial charge in [-0.3, -0.25) is 4.99 Å². The van der Waals surface area contributed by atoms with Gasteiger partial charge in [0.1, 0.15) is 11.5 Å². The number of benzene rings is 1. The van der Waals surface area contributed by atoms with E-state index in [0.717, 1.165) is 11.5 Å². The van der Waals surface area contributed by atoms with Crippen molar-refractivity contribution in [1.29, 1.82) is 0 Å². The zero-order chi connectivity index (χ0) is 17.8. The second-order valence-electron chi connectivity index (χ2n) is 4.93. The van der Waals surface area contributed by atoms with Crippen LogP contribution in [0.4, 0.5) is 13.2 Å². The number of nitrogens with one attached hydrogen (secondary N) is 2.